The zero-order valence-electron chi connectivity index (χ0n) is 9.82. The van der Waals surface area contributed by atoms with Crippen LogP contribution in [0.1, 0.15) is 24.8 Å². The summed E-state index contributed by atoms with van der Waals surface area (Å²) < 4.78 is 5.65. The Hall–Kier alpha value is -1.55. The third-order valence-corrected chi connectivity index (χ3v) is 2.92. The number of anilines is 1. The number of amides is 1. The summed E-state index contributed by atoms with van der Waals surface area (Å²) >= 11 is 0. The predicted molar refractivity (Wildman–Crippen MR) is 66.3 cm³/mol. The van der Waals surface area contributed by atoms with Gasteiger partial charge in [0.15, 0.2) is 0 Å². The Kier molecular flexibility index (Phi) is 3.98. The van der Waals surface area contributed by atoms with Crippen molar-refractivity contribution < 1.29 is 9.53 Å². The van der Waals surface area contributed by atoms with Crippen molar-refractivity contribution in [2.75, 3.05) is 12.3 Å². The van der Waals surface area contributed by atoms with E-state index < -0.39 is 0 Å². The van der Waals surface area contributed by atoms with Gasteiger partial charge < -0.3 is 15.8 Å². The van der Waals surface area contributed by atoms with Crippen molar-refractivity contribution in [2.24, 2.45) is 0 Å². The highest BCUT2D eigenvalue weighted by Crippen LogP contribution is 2.13. The van der Waals surface area contributed by atoms with E-state index >= 15 is 0 Å². The molecule has 0 aliphatic carbocycles. The van der Waals surface area contributed by atoms with Crippen LogP contribution >= 0.6 is 0 Å². The first kappa shape index (κ1) is 11.9. The van der Waals surface area contributed by atoms with Crippen molar-refractivity contribution in [3.05, 3.63) is 29.8 Å². The van der Waals surface area contributed by atoms with Crippen molar-refractivity contribution in [1.82, 2.24) is 5.32 Å². The molecule has 0 aromatic heterocycles. The van der Waals surface area contributed by atoms with Gasteiger partial charge in [0, 0.05) is 12.2 Å². The lowest BCUT2D eigenvalue weighted by molar-refractivity contribution is -0.133. The number of hydrogen-bond donors (Lipinski definition) is 2. The van der Waals surface area contributed by atoms with Crippen LogP contribution in [0.15, 0.2) is 24.3 Å². The molecule has 3 N–H and O–H groups in total. The summed E-state index contributed by atoms with van der Waals surface area (Å²) in [6, 6.07) is 7.52. The van der Waals surface area contributed by atoms with Crippen LogP contribution in [0.3, 0.4) is 0 Å². The lowest BCUT2D eigenvalue weighted by Crippen LogP contribution is -2.34. The van der Waals surface area contributed by atoms with E-state index in [1.54, 1.807) is 0 Å². The Morgan fingerprint density at radius 1 is 1.29 bits per heavy atom. The molecule has 4 heteroatoms. The minimum absolute atomic E-state index is 0.0120. The van der Waals surface area contributed by atoms with E-state index in [4.69, 9.17) is 10.5 Å². The highest BCUT2D eigenvalue weighted by atomic mass is 16.5. The summed E-state index contributed by atoms with van der Waals surface area (Å²) in [6.07, 6.45) is 2.56. The summed E-state index contributed by atoms with van der Waals surface area (Å²) in [4.78, 5) is 11.6. The molecular formula is C13H18N2O2. The molecule has 0 spiro atoms. The molecular weight excluding hydrogens is 216 g/mol. The molecule has 4 nitrogen and oxygen atoms in total. The molecule has 1 saturated heterocycles. The van der Waals surface area contributed by atoms with Crippen molar-refractivity contribution in [3.63, 3.8) is 0 Å². The summed E-state index contributed by atoms with van der Waals surface area (Å²) in [5.41, 5.74) is 7.38. The Labute approximate surface area is 101 Å². The minimum Gasteiger partial charge on any atom is -0.399 e. The zero-order valence-corrected chi connectivity index (χ0v) is 9.82. The monoisotopic (exact) mass is 234 g/mol. The van der Waals surface area contributed by atoms with Crippen LogP contribution in [-0.2, 0) is 16.1 Å². The van der Waals surface area contributed by atoms with E-state index in [-0.39, 0.29) is 12.0 Å². The number of nitrogens with two attached hydrogens (primary N) is 1. The average molecular weight is 234 g/mol. The van der Waals surface area contributed by atoms with Crippen LogP contribution in [0.25, 0.3) is 0 Å². The van der Waals surface area contributed by atoms with Gasteiger partial charge in [0.05, 0.1) is 6.61 Å². The van der Waals surface area contributed by atoms with Gasteiger partial charge in [-0.2, -0.15) is 0 Å². The molecule has 17 heavy (non-hydrogen) atoms. The third-order valence-electron chi connectivity index (χ3n) is 2.92. The Bertz CT molecular complexity index is 376. The number of nitrogens with one attached hydrogen (secondary N) is 1. The van der Waals surface area contributed by atoms with E-state index in [1.165, 1.54) is 0 Å². The number of nitrogen functional groups attached to an aromatic ring is 1. The van der Waals surface area contributed by atoms with Crippen molar-refractivity contribution in [3.8, 4) is 0 Å². The van der Waals surface area contributed by atoms with Gasteiger partial charge in [0.1, 0.15) is 6.10 Å². The number of benzene rings is 1. The normalized spacial score (nSPS) is 20.7. The maximum atomic E-state index is 11.6. The second-order valence-electron chi connectivity index (χ2n) is 4.33. The van der Waals surface area contributed by atoms with Gasteiger partial charge in [-0.25, -0.2) is 0 Å². The van der Waals surface area contributed by atoms with Gasteiger partial charge in [-0.3, -0.25) is 4.79 Å². The fraction of sp³-hybridized carbons (Fsp3) is 0.462. The van der Waals surface area contributed by atoms with Gasteiger partial charge in [-0.1, -0.05) is 12.1 Å². The fourth-order valence-corrected chi connectivity index (χ4v) is 1.88. The standard InChI is InChI=1S/C13H18N2O2/c14-11-6-4-10(5-7-11)9-17-12-3-1-2-8-15-13(12)16/h4-7,12H,1-3,8-9,14H2,(H,15,16). The Balaban J connectivity index is 1.88. The predicted octanol–water partition coefficient (Wildman–Crippen LogP) is 1.45. The number of carbonyl (C=O) groups excluding carboxylic acids is 1. The van der Waals surface area contributed by atoms with E-state index in [9.17, 15) is 4.79 Å². The third kappa shape index (κ3) is 3.46. The fourth-order valence-electron chi connectivity index (χ4n) is 1.88. The maximum Gasteiger partial charge on any atom is 0.249 e. The lowest BCUT2D eigenvalue weighted by atomic mass is 10.1. The molecule has 0 bridgehead atoms. The average Bonchev–Trinajstić information content (AvgIpc) is 2.54. The first-order chi connectivity index (χ1) is 8.25. The number of carbonyl (C=O) groups is 1. The first-order valence-corrected chi connectivity index (χ1v) is 5.99. The largest absolute Gasteiger partial charge is 0.399 e. The molecule has 0 radical (unpaired) electrons. The van der Waals surface area contributed by atoms with Crippen LogP contribution in [-0.4, -0.2) is 18.6 Å². The van der Waals surface area contributed by atoms with Gasteiger partial charge in [0.25, 0.3) is 0 Å². The molecule has 0 saturated carbocycles. The summed E-state index contributed by atoms with van der Waals surface area (Å²) in [7, 11) is 0. The minimum atomic E-state index is -0.310. The summed E-state index contributed by atoms with van der Waals surface area (Å²) in [5.74, 6) is 0.0120. The molecule has 1 aromatic carbocycles. The second kappa shape index (κ2) is 5.68. The molecule has 1 aliphatic heterocycles. The van der Waals surface area contributed by atoms with Gasteiger partial charge in [-0.05, 0) is 37.0 Å². The van der Waals surface area contributed by atoms with E-state index in [2.05, 4.69) is 5.32 Å². The molecule has 1 aromatic rings. The lowest BCUT2D eigenvalue weighted by Gasteiger charge is -2.14. The number of rotatable bonds is 3. The van der Waals surface area contributed by atoms with Crippen molar-refractivity contribution in [2.45, 2.75) is 32.0 Å². The van der Waals surface area contributed by atoms with Crippen LogP contribution in [0.4, 0.5) is 5.69 Å². The molecule has 1 atom stereocenters. The second-order valence-corrected chi connectivity index (χ2v) is 4.33. The first-order valence-electron chi connectivity index (χ1n) is 5.99. The quantitative estimate of drug-likeness (QED) is 0.778. The van der Waals surface area contributed by atoms with E-state index in [0.29, 0.717) is 6.61 Å². The maximum absolute atomic E-state index is 11.6. The van der Waals surface area contributed by atoms with Crippen LogP contribution in [0.2, 0.25) is 0 Å². The van der Waals surface area contributed by atoms with Gasteiger partial charge in [-0.15, -0.1) is 0 Å². The van der Waals surface area contributed by atoms with Gasteiger partial charge in [0.2, 0.25) is 5.91 Å². The Morgan fingerprint density at radius 2 is 2.06 bits per heavy atom. The molecule has 1 unspecified atom stereocenters. The molecule has 1 fully saturated rings. The molecule has 1 amide bonds. The van der Waals surface area contributed by atoms with Crippen LogP contribution in [0, 0.1) is 0 Å². The zero-order chi connectivity index (χ0) is 12.1. The highest BCUT2D eigenvalue weighted by Gasteiger charge is 2.20. The van der Waals surface area contributed by atoms with Crippen LogP contribution < -0.4 is 11.1 Å². The van der Waals surface area contributed by atoms with Crippen molar-refractivity contribution >= 4 is 11.6 Å². The summed E-state index contributed by atoms with van der Waals surface area (Å²) in [5, 5.41) is 2.86. The van der Waals surface area contributed by atoms with Gasteiger partial charge >= 0.3 is 0 Å². The van der Waals surface area contributed by atoms with E-state index in [1.807, 2.05) is 24.3 Å². The number of hydrogen-bond acceptors (Lipinski definition) is 3. The topological polar surface area (TPSA) is 64.3 Å². The number of ether oxygens (including phenoxy) is 1. The molecule has 1 heterocycles. The SMILES string of the molecule is Nc1ccc(COC2CCCCNC2=O)cc1. The highest BCUT2D eigenvalue weighted by molar-refractivity contribution is 5.80. The van der Waals surface area contributed by atoms with Crippen LogP contribution in [0.5, 0.6) is 0 Å². The van der Waals surface area contributed by atoms with Crippen molar-refractivity contribution in [1.29, 1.82) is 0 Å². The molecule has 1 aliphatic rings. The summed E-state index contributed by atoms with van der Waals surface area (Å²) in [6.45, 7) is 1.22. The van der Waals surface area contributed by atoms with E-state index in [0.717, 1.165) is 37.1 Å². The Morgan fingerprint density at radius 3 is 2.82 bits per heavy atom. The molecule has 2 rings (SSSR count). The molecule has 92 valence electrons. The smallest absolute Gasteiger partial charge is 0.249 e.